The van der Waals surface area contributed by atoms with Crippen LogP contribution in [0.2, 0.25) is 0 Å². The fourth-order valence-corrected chi connectivity index (χ4v) is 1.17. The van der Waals surface area contributed by atoms with Gasteiger partial charge in [-0.1, -0.05) is 18.7 Å². The third-order valence-electron chi connectivity index (χ3n) is 1.11. The lowest BCUT2D eigenvalue weighted by molar-refractivity contribution is -0.367. The average molecular weight is 174 g/mol. The van der Waals surface area contributed by atoms with E-state index in [1.54, 1.807) is 11.8 Å². The van der Waals surface area contributed by atoms with E-state index in [2.05, 4.69) is 22.9 Å². The molecule has 0 fully saturated rings. The first-order chi connectivity index (χ1) is 5.36. The molecule has 1 aromatic heterocycles. The number of thioether (sulfide) groups is 1. The van der Waals surface area contributed by atoms with Gasteiger partial charge in [-0.2, -0.15) is 0 Å². The molecular formula is C6H12N3OS+. The van der Waals surface area contributed by atoms with Crippen molar-refractivity contribution in [2.24, 2.45) is 0 Å². The summed E-state index contributed by atoms with van der Waals surface area (Å²) in [5.74, 6) is 1.65. The Labute approximate surface area is 69.6 Å². The molecule has 1 heterocycles. The highest BCUT2D eigenvalue weighted by Crippen LogP contribution is 2.14. The van der Waals surface area contributed by atoms with Crippen molar-refractivity contribution in [2.75, 3.05) is 12.3 Å². The van der Waals surface area contributed by atoms with Gasteiger partial charge in [0, 0.05) is 0 Å². The van der Waals surface area contributed by atoms with Gasteiger partial charge in [0.1, 0.15) is 0 Å². The van der Waals surface area contributed by atoms with Crippen molar-refractivity contribution in [2.45, 2.75) is 18.6 Å². The Balaban J connectivity index is 2.51. The number of nitrogens with zero attached hydrogens (tertiary/aromatic N) is 2. The van der Waals surface area contributed by atoms with Crippen molar-refractivity contribution in [3.8, 4) is 0 Å². The minimum atomic E-state index is 0.663. The molecule has 5 heteroatoms. The zero-order valence-corrected chi connectivity index (χ0v) is 7.36. The van der Waals surface area contributed by atoms with Crippen molar-refractivity contribution in [1.82, 2.24) is 10.2 Å². The van der Waals surface area contributed by atoms with Gasteiger partial charge < -0.3 is 10.2 Å². The molecule has 62 valence electrons. The van der Waals surface area contributed by atoms with Gasteiger partial charge in [-0.25, -0.2) is 0 Å². The van der Waals surface area contributed by atoms with Crippen molar-refractivity contribution in [3.05, 3.63) is 5.89 Å². The van der Waals surface area contributed by atoms with Crippen LogP contribution in [0.25, 0.3) is 0 Å². The molecule has 0 saturated heterocycles. The van der Waals surface area contributed by atoms with Crippen molar-refractivity contribution in [3.63, 3.8) is 0 Å². The molecule has 0 aliphatic heterocycles. The summed E-state index contributed by atoms with van der Waals surface area (Å²) in [5.41, 5.74) is 3.70. The average Bonchev–Trinajstić information content (AvgIpc) is 2.38. The van der Waals surface area contributed by atoms with E-state index in [0.717, 1.165) is 18.7 Å². The summed E-state index contributed by atoms with van der Waals surface area (Å²) in [6, 6.07) is 0. The van der Waals surface area contributed by atoms with Gasteiger partial charge in [0.05, 0.1) is 13.0 Å². The summed E-state index contributed by atoms with van der Waals surface area (Å²) in [7, 11) is 0. The maximum atomic E-state index is 5.27. The molecule has 0 aliphatic rings. The number of aromatic nitrogens is 2. The van der Waals surface area contributed by atoms with E-state index >= 15 is 0 Å². The normalized spacial score (nSPS) is 10.4. The Kier molecular flexibility index (Phi) is 3.38. The Morgan fingerprint density at radius 3 is 3.00 bits per heavy atom. The summed E-state index contributed by atoms with van der Waals surface area (Å²) in [5, 5.41) is 8.35. The molecule has 0 bridgehead atoms. The highest BCUT2D eigenvalue weighted by atomic mass is 32.2. The Bertz CT molecular complexity index is 193. The minimum Gasteiger partial charge on any atom is -0.416 e. The summed E-state index contributed by atoms with van der Waals surface area (Å²) in [6.45, 7) is 2.86. The van der Waals surface area contributed by atoms with Gasteiger partial charge in [0.15, 0.2) is 0 Å². The lowest BCUT2D eigenvalue weighted by Gasteiger charge is -1.86. The first kappa shape index (κ1) is 8.55. The third-order valence-corrected chi connectivity index (χ3v) is 1.81. The fourth-order valence-electron chi connectivity index (χ4n) is 0.672. The summed E-state index contributed by atoms with van der Waals surface area (Å²) in [4.78, 5) is 0. The van der Waals surface area contributed by atoms with E-state index < -0.39 is 0 Å². The minimum absolute atomic E-state index is 0.663. The van der Waals surface area contributed by atoms with E-state index in [0.29, 0.717) is 11.1 Å². The predicted octanol–water partition coefficient (Wildman–Crippen LogP) is -0.0340. The molecule has 0 unspecified atom stereocenters. The number of hydrogen-bond acceptors (Lipinski definition) is 4. The topological polar surface area (TPSA) is 66.6 Å². The second-order valence-electron chi connectivity index (χ2n) is 2.00. The molecule has 0 radical (unpaired) electrons. The standard InChI is InChI=1S/C6H11N3OS/c1-2-11-6-9-8-5(10-6)3-4-7/h2-4,7H2,1H3/p+1. The summed E-state index contributed by atoms with van der Waals surface area (Å²) in [6.07, 6.45) is 0.775. The molecule has 0 aromatic carbocycles. The molecule has 3 N–H and O–H groups in total. The molecule has 11 heavy (non-hydrogen) atoms. The number of quaternary nitrogens is 1. The molecule has 1 rings (SSSR count). The predicted molar refractivity (Wildman–Crippen MR) is 42.2 cm³/mol. The fraction of sp³-hybridized carbons (Fsp3) is 0.667. The smallest absolute Gasteiger partial charge is 0.276 e. The molecule has 1 aromatic rings. The largest absolute Gasteiger partial charge is 0.416 e. The van der Waals surface area contributed by atoms with E-state index in [1.165, 1.54) is 0 Å². The van der Waals surface area contributed by atoms with Crippen molar-refractivity contribution in [1.29, 1.82) is 0 Å². The summed E-state index contributed by atoms with van der Waals surface area (Å²) >= 11 is 1.56. The Morgan fingerprint density at radius 2 is 2.36 bits per heavy atom. The molecule has 0 saturated carbocycles. The maximum absolute atomic E-state index is 5.27. The maximum Gasteiger partial charge on any atom is 0.276 e. The zero-order chi connectivity index (χ0) is 8.10. The van der Waals surface area contributed by atoms with E-state index in [-0.39, 0.29) is 0 Å². The lowest BCUT2D eigenvalue weighted by atomic mass is 10.4. The molecule has 0 amide bonds. The first-order valence-corrected chi connectivity index (χ1v) is 4.59. The number of hydrogen-bond donors (Lipinski definition) is 1. The van der Waals surface area contributed by atoms with Crippen molar-refractivity contribution >= 4 is 11.8 Å². The van der Waals surface area contributed by atoms with E-state index in [1.807, 2.05) is 0 Å². The highest BCUT2D eigenvalue weighted by molar-refractivity contribution is 7.99. The van der Waals surface area contributed by atoms with Crippen LogP contribution in [-0.2, 0) is 6.42 Å². The van der Waals surface area contributed by atoms with E-state index in [4.69, 9.17) is 4.42 Å². The van der Waals surface area contributed by atoms with Crippen LogP contribution in [0, 0.1) is 0 Å². The van der Waals surface area contributed by atoms with Crippen LogP contribution in [0.4, 0.5) is 0 Å². The van der Waals surface area contributed by atoms with Gasteiger partial charge in [-0.05, 0) is 5.75 Å². The van der Waals surface area contributed by atoms with Crippen LogP contribution in [-0.4, -0.2) is 22.5 Å². The second-order valence-corrected chi connectivity index (χ2v) is 3.21. The van der Waals surface area contributed by atoms with Gasteiger partial charge in [0.2, 0.25) is 5.89 Å². The van der Waals surface area contributed by atoms with Gasteiger partial charge in [-0.15, -0.1) is 10.2 Å². The molecule has 4 nitrogen and oxygen atoms in total. The molecule has 0 aliphatic carbocycles. The Morgan fingerprint density at radius 1 is 1.55 bits per heavy atom. The SMILES string of the molecule is CCSc1nnc(CC[NH3+])o1. The van der Waals surface area contributed by atoms with Crippen LogP contribution < -0.4 is 5.73 Å². The molecular weight excluding hydrogens is 162 g/mol. The molecule has 0 atom stereocenters. The van der Waals surface area contributed by atoms with Crippen LogP contribution >= 0.6 is 11.8 Å². The van der Waals surface area contributed by atoms with Crippen LogP contribution in [0.3, 0.4) is 0 Å². The van der Waals surface area contributed by atoms with Gasteiger partial charge in [-0.3, -0.25) is 0 Å². The van der Waals surface area contributed by atoms with Crippen LogP contribution in [0.15, 0.2) is 9.64 Å². The van der Waals surface area contributed by atoms with Crippen LogP contribution in [0.5, 0.6) is 0 Å². The molecule has 0 spiro atoms. The highest BCUT2D eigenvalue weighted by Gasteiger charge is 2.04. The van der Waals surface area contributed by atoms with Crippen molar-refractivity contribution < 1.29 is 10.2 Å². The monoisotopic (exact) mass is 174 g/mol. The quantitative estimate of drug-likeness (QED) is 0.651. The van der Waals surface area contributed by atoms with Crippen LogP contribution in [0.1, 0.15) is 12.8 Å². The second kappa shape index (κ2) is 4.35. The lowest BCUT2D eigenvalue weighted by Crippen LogP contribution is -2.51. The third kappa shape index (κ3) is 2.51. The van der Waals surface area contributed by atoms with E-state index in [9.17, 15) is 0 Å². The zero-order valence-electron chi connectivity index (χ0n) is 6.54. The Hall–Kier alpha value is -0.550. The summed E-state index contributed by atoms with van der Waals surface area (Å²) < 4.78 is 5.27. The number of rotatable bonds is 4. The first-order valence-electron chi connectivity index (χ1n) is 3.61. The van der Waals surface area contributed by atoms with Gasteiger partial charge in [0.25, 0.3) is 5.22 Å². The van der Waals surface area contributed by atoms with Gasteiger partial charge >= 0.3 is 0 Å².